The third-order valence-electron chi connectivity index (χ3n) is 6.23. The summed E-state index contributed by atoms with van der Waals surface area (Å²) in [5.41, 5.74) is 2.70. The van der Waals surface area contributed by atoms with E-state index in [0.717, 1.165) is 16.7 Å². The van der Waals surface area contributed by atoms with Crippen molar-refractivity contribution in [2.45, 2.75) is 50.3 Å². The Bertz CT molecular complexity index is 1280. The highest BCUT2D eigenvalue weighted by atomic mass is 32.2. The minimum absolute atomic E-state index is 0.0178. The Morgan fingerprint density at radius 2 is 1.21 bits per heavy atom. The van der Waals surface area contributed by atoms with E-state index in [-0.39, 0.29) is 25.4 Å². The number of hydrogen-bond acceptors (Lipinski definition) is 7. The number of benzene rings is 3. The number of nitrogens with one attached hydrogen (secondary N) is 3. The van der Waals surface area contributed by atoms with Gasteiger partial charge >= 0.3 is 18.2 Å². The molecule has 0 fully saturated rings. The van der Waals surface area contributed by atoms with Gasteiger partial charge in [0.1, 0.15) is 25.3 Å². The number of amides is 3. The largest absolute Gasteiger partial charge is 0.480 e. The lowest BCUT2D eigenvalue weighted by molar-refractivity contribution is -0.141. The fourth-order valence-corrected chi connectivity index (χ4v) is 4.94. The van der Waals surface area contributed by atoms with E-state index in [1.54, 1.807) is 12.1 Å². The molecule has 4 N–H and O–H groups in total. The zero-order valence-electron chi connectivity index (χ0n) is 23.8. The number of rotatable bonds is 17. The number of hydrogen-bond donors (Lipinski definition) is 4. The Kier molecular flexibility index (Phi) is 14.4. The fraction of sp³-hybridized carbons (Fsp3) is 0.312. The van der Waals surface area contributed by atoms with Crippen molar-refractivity contribution >= 4 is 35.8 Å². The van der Waals surface area contributed by atoms with Crippen LogP contribution in [0.4, 0.5) is 9.59 Å². The van der Waals surface area contributed by atoms with Crippen LogP contribution in [0.5, 0.6) is 0 Å². The maximum atomic E-state index is 13.1. The van der Waals surface area contributed by atoms with Crippen molar-refractivity contribution < 1.29 is 33.8 Å². The number of carbonyl (C=O) groups is 4. The Morgan fingerprint density at radius 3 is 1.77 bits per heavy atom. The van der Waals surface area contributed by atoms with Gasteiger partial charge in [-0.15, -0.1) is 0 Å². The summed E-state index contributed by atoms with van der Waals surface area (Å²) in [6.45, 7) is 0.469. The zero-order valence-corrected chi connectivity index (χ0v) is 24.6. The third-order valence-corrected chi connectivity index (χ3v) is 7.34. The van der Waals surface area contributed by atoms with E-state index in [1.165, 1.54) is 11.8 Å². The number of alkyl carbamates (subject to hydrolysis) is 2. The molecular weight excluding hydrogens is 570 g/mol. The molecule has 0 heterocycles. The van der Waals surface area contributed by atoms with Crippen LogP contribution in [0.25, 0.3) is 0 Å². The van der Waals surface area contributed by atoms with Crippen molar-refractivity contribution in [3.8, 4) is 0 Å². The maximum Gasteiger partial charge on any atom is 0.408 e. The molecule has 0 aliphatic rings. The molecule has 0 aliphatic carbocycles. The van der Waals surface area contributed by atoms with Gasteiger partial charge in [-0.05, 0) is 36.0 Å². The summed E-state index contributed by atoms with van der Waals surface area (Å²) in [5, 5.41) is 17.5. The summed E-state index contributed by atoms with van der Waals surface area (Å²) < 4.78 is 10.5. The van der Waals surface area contributed by atoms with Gasteiger partial charge in [0.15, 0.2) is 0 Å². The molecule has 0 bridgehead atoms. The van der Waals surface area contributed by atoms with Crippen molar-refractivity contribution in [3.05, 3.63) is 108 Å². The smallest absolute Gasteiger partial charge is 0.408 e. The number of ether oxygens (including phenoxy) is 2. The maximum absolute atomic E-state index is 13.1. The van der Waals surface area contributed by atoms with E-state index < -0.39 is 36.1 Å². The lowest BCUT2D eigenvalue weighted by Gasteiger charge is -2.21. The molecule has 0 saturated heterocycles. The highest BCUT2D eigenvalue weighted by Gasteiger charge is 2.27. The van der Waals surface area contributed by atoms with E-state index in [2.05, 4.69) is 16.0 Å². The Hall–Kier alpha value is -4.51. The summed E-state index contributed by atoms with van der Waals surface area (Å²) in [6, 6.07) is 25.8. The van der Waals surface area contributed by atoms with Crippen LogP contribution in [0.15, 0.2) is 91.0 Å². The molecule has 0 radical (unpaired) electrons. The van der Waals surface area contributed by atoms with Crippen molar-refractivity contribution in [2.24, 2.45) is 0 Å². The lowest BCUT2D eigenvalue weighted by Crippen LogP contribution is -2.52. The topological polar surface area (TPSA) is 143 Å². The molecule has 0 unspecified atom stereocenters. The predicted octanol–water partition coefficient (Wildman–Crippen LogP) is 4.88. The molecule has 3 aromatic rings. The molecule has 0 aliphatic heterocycles. The molecule has 3 aromatic carbocycles. The second kappa shape index (κ2) is 18.8. The van der Waals surface area contributed by atoms with Crippen LogP contribution in [-0.2, 0) is 38.0 Å². The van der Waals surface area contributed by atoms with E-state index in [0.29, 0.717) is 25.1 Å². The zero-order chi connectivity index (χ0) is 30.7. The summed E-state index contributed by atoms with van der Waals surface area (Å²) in [6.07, 6.45) is -0.192. The number of carboxylic acid groups (broad SMARTS) is 1. The number of carboxylic acids is 1. The average Bonchev–Trinajstić information content (AvgIpc) is 3.03. The molecule has 228 valence electrons. The Morgan fingerprint density at radius 1 is 0.674 bits per heavy atom. The first-order valence-electron chi connectivity index (χ1n) is 14.0. The minimum Gasteiger partial charge on any atom is -0.480 e. The molecule has 11 heteroatoms. The Labute approximate surface area is 255 Å². The second-order valence-corrected chi connectivity index (χ2v) is 10.7. The summed E-state index contributed by atoms with van der Waals surface area (Å²) in [5.74, 6) is -1.05. The SMILES string of the molecule is O=C(NCCCC[C@H](NC(=O)OCc1ccccc1)C(=O)N[C@H](CSCc1ccccc1)C(=O)O)OCc1ccccc1. The monoisotopic (exact) mass is 607 g/mol. The van der Waals surface area contributed by atoms with Gasteiger partial charge in [0.05, 0.1) is 0 Å². The molecule has 3 amide bonds. The van der Waals surface area contributed by atoms with Crippen LogP contribution in [-0.4, -0.2) is 53.6 Å². The van der Waals surface area contributed by atoms with E-state index in [9.17, 15) is 24.3 Å². The van der Waals surface area contributed by atoms with Gasteiger partial charge in [0.2, 0.25) is 5.91 Å². The Balaban J connectivity index is 1.49. The van der Waals surface area contributed by atoms with Crippen LogP contribution >= 0.6 is 11.8 Å². The van der Waals surface area contributed by atoms with E-state index in [1.807, 2.05) is 78.9 Å². The number of carbonyl (C=O) groups excluding carboxylic acids is 3. The molecule has 10 nitrogen and oxygen atoms in total. The van der Waals surface area contributed by atoms with Gasteiger partial charge in [-0.1, -0.05) is 91.0 Å². The van der Waals surface area contributed by atoms with E-state index >= 15 is 0 Å². The first-order chi connectivity index (χ1) is 20.9. The van der Waals surface area contributed by atoms with Gasteiger partial charge in [-0.3, -0.25) is 4.79 Å². The van der Waals surface area contributed by atoms with Crippen LogP contribution in [0.1, 0.15) is 36.0 Å². The average molecular weight is 608 g/mol. The third kappa shape index (κ3) is 13.3. The highest BCUT2D eigenvalue weighted by molar-refractivity contribution is 7.98. The number of unbranched alkanes of at least 4 members (excludes halogenated alkanes) is 1. The fourth-order valence-electron chi connectivity index (χ4n) is 3.93. The number of thioether (sulfide) groups is 1. The summed E-state index contributed by atoms with van der Waals surface area (Å²) in [7, 11) is 0. The predicted molar refractivity (Wildman–Crippen MR) is 164 cm³/mol. The van der Waals surface area contributed by atoms with Gasteiger partial charge < -0.3 is 30.5 Å². The quantitative estimate of drug-likeness (QED) is 0.159. The minimum atomic E-state index is -1.17. The van der Waals surface area contributed by atoms with Crippen LogP contribution in [0.2, 0.25) is 0 Å². The van der Waals surface area contributed by atoms with Crippen molar-refractivity contribution in [1.82, 2.24) is 16.0 Å². The summed E-state index contributed by atoms with van der Waals surface area (Å²) >= 11 is 1.39. The van der Waals surface area contributed by atoms with Gasteiger partial charge in [-0.25, -0.2) is 14.4 Å². The lowest BCUT2D eigenvalue weighted by atomic mass is 10.1. The summed E-state index contributed by atoms with van der Waals surface area (Å²) in [4.78, 5) is 49.6. The van der Waals surface area contributed by atoms with Crippen LogP contribution in [0.3, 0.4) is 0 Å². The van der Waals surface area contributed by atoms with Crippen molar-refractivity contribution in [2.75, 3.05) is 12.3 Å². The van der Waals surface area contributed by atoms with Gasteiger partial charge in [-0.2, -0.15) is 11.8 Å². The van der Waals surface area contributed by atoms with Gasteiger partial charge in [0.25, 0.3) is 0 Å². The van der Waals surface area contributed by atoms with Crippen molar-refractivity contribution in [3.63, 3.8) is 0 Å². The number of aliphatic carboxylic acids is 1. The molecular formula is C32H37N3O7S. The van der Waals surface area contributed by atoms with Crippen LogP contribution < -0.4 is 16.0 Å². The van der Waals surface area contributed by atoms with Crippen molar-refractivity contribution in [1.29, 1.82) is 0 Å². The van der Waals surface area contributed by atoms with Crippen LogP contribution in [0, 0.1) is 0 Å². The normalized spacial score (nSPS) is 11.9. The molecule has 0 saturated carbocycles. The molecule has 3 rings (SSSR count). The second-order valence-electron chi connectivity index (χ2n) is 9.64. The highest BCUT2D eigenvalue weighted by Crippen LogP contribution is 2.14. The first-order valence-corrected chi connectivity index (χ1v) is 15.1. The molecule has 0 aromatic heterocycles. The van der Waals surface area contributed by atoms with E-state index in [4.69, 9.17) is 9.47 Å². The standard InChI is InChI=1S/C32H37N3O7S/c36-29(34-28(30(37)38)23-43-22-26-16-8-3-9-17-26)27(35-32(40)42-21-25-14-6-2-7-15-25)18-10-11-19-33-31(39)41-20-24-12-4-1-5-13-24/h1-9,12-17,27-28H,10-11,18-23H2,(H,33,39)(H,34,36)(H,35,40)(H,37,38)/t27-,28+/m0/s1. The first kappa shape index (κ1) is 33.0. The molecule has 2 atom stereocenters. The molecule has 43 heavy (non-hydrogen) atoms. The van der Waals surface area contributed by atoms with Gasteiger partial charge in [0, 0.05) is 18.1 Å². The molecule has 0 spiro atoms.